The topological polar surface area (TPSA) is 111 Å². The largest absolute Gasteiger partial charge is 0.490 e. The Balaban J connectivity index is 0.000000370. The van der Waals surface area contributed by atoms with E-state index in [0.717, 1.165) is 29.3 Å². The fraction of sp³-hybridized carbons (Fsp3) is 0.353. The maximum absolute atomic E-state index is 10.6. The molecular weight excluding hydrogens is 391 g/mol. The maximum Gasteiger partial charge on any atom is 0.490 e. The predicted octanol–water partition coefficient (Wildman–Crippen LogP) is 2.65. The zero-order chi connectivity index (χ0) is 21.6. The van der Waals surface area contributed by atoms with Crippen molar-refractivity contribution in [3.63, 3.8) is 0 Å². The normalized spacial score (nSPS) is 11.0. The first kappa shape index (κ1) is 21.9. The van der Waals surface area contributed by atoms with Crippen molar-refractivity contribution in [3.05, 3.63) is 42.4 Å². The molecule has 2 N–H and O–H groups in total. The first-order valence-corrected chi connectivity index (χ1v) is 8.49. The molecular formula is C17H20F3N7O2. The molecule has 0 aliphatic carbocycles. The number of aryl methyl sites for hydroxylation is 3. The number of hydrogen-bond acceptors (Lipinski definition) is 6. The third-order valence-corrected chi connectivity index (χ3v) is 3.73. The van der Waals surface area contributed by atoms with Crippen LogP contribution in [0.5, 0.6) is 0 Å². The molecule has 12 heteroatoms. The van der Waals surface area contributed by atoms with Gasteiger partial charge in [-0.15, -0.1) is 0 Å². The molecule has 0 fully saturated rings. The number of alkyl halides is 3. The minimum Gasteiger partial charge on any atom is -0.475 e. The van der Waals surface area contributed by atoms with Crippen LogP contribution in [0.4, 0.5) is 19.1 Å². The molecule has 0 aromatic carbocycles. The molecule has 0 unspecified atom stereocenters. The van der Waals surface area contributed by atoms with Gasteiger partial charge in [-0.25, -0.2) is 19.7 Å². The lowest BCUT2D eigenvalue weighted by atomic mass is 10.2. The minimum atomic E-state index is -5.08. The average molecular weight is 411 g/mol. The second kappa shape index (κ2) is 9.17. The highest BCUT2D eigenvalue weighted by molar-refractivity contribution is 5.73. The number of rotatable bonds is 5. The predicted molar refractivity (Wildman–Crippen MR) is 97.9 cm³/mol. The summed E-state index contributed by atoms with van der Waals surface area (Å²) in [5.74, 6) is -1.20. The van der Waals surface area contributed by atoms with E-state index in [4.69, 9.17) is 9.90 Å². The van der Waals surface area contributed by atoms with Crippen LogP contribution in [0.2, 0.25) is 0 Å². The van der Waals surface area contributed by atoms with Crippen molar-refractivity contribution in [3.8, 4) is 11.3 Å². The molecule has 0 amide bonds. The van der Waals surface area contributed by atoms with E-state index in [-0.39, 0.29) is 0 Å². The number of anilines is 1. The van der Waals surface area contributed by atoms with Crippen LogP contribution >= 0.6 is 0 Å². The van der Waals surface area contributed by atoms with Gasteiger partial charge >= 0.3 is 12.1 Å². The Morgan fingerprint density at radius 1 is 1.28 bits per heavy atom. The lowest BCUT2D eigenvalue weighted by Crippen LogP contribution is -2.21. The Morgan fingerprint density at radius 3 is 2.52 bits per heavy atom. The van der Waals surface area contributed by atoms with E-state index in [1.165, 1.54) is 0 Å². The standard InChI is InChI=1S/C15H19N7.C2HF3O2/c1-4-22-8-7-16-14(22)9-18-15-17-6-5-13(19-15)12-10-21(3)20-11(12)2;3-2(4,5)1(6)7/h5-8,10H,4,9H2,1-3H3,(H,17,18,19);(H,6,7). The summed E-state index contributed by atoms with van der Waals surface area (Å²) < 4.78 is 35.6. The molecule has 0 aliphatic heterocycles. The molecule has 0 aliphatic rings. The van der Waals surface area contributed by atoms with Gasteiger partial charge in [0.1, 0.15) is 5.82 Å². The fourth-order valence-corrected chi connectivity index (χ4v) is 2.40. The zero-order valence-corrected chi connectivity index (χ0v) is 16.0. The SMILES string of the molecule is CCn1ccnc1CNc1nccc(-c2cn(C)nc2C)n1.O=C(O)C(F)(F)F. The Bertz CT molecular complexity index is 966. The van der Waals surface area contributed by atoms with Crippen molar-refractivity contribution < 1.29 is 23.1 Å². The minimum absolute atomic E-state index is 0.589. The van der Waals surface area contributed by atoms with Crippen LogP contribution in [-0.4, -0.2) is 46.6 Å². The Kier molecular flexibility index (Phi) is 6.91. The van der Waals surface area contributed by atoms with Crippen LogP contribution in [0.15, 0.2) is 30.9 Å². The molecule has 3 aromatic rings. The van der Waals surface area contributed by atoms with Crippen molar-refractivity contribution in [1.82, 2.24) is 29.3 Å². The molecule has 156 valence electrons. The van der Waals surface area contributed by atoms with Crippen molar-refractivity contribution in [2.75, 3.05) is 5.32 Å². The fourth-order valence-electron chi connectivity index (χ4n) is 2.40. The molecule has 9 nitrogen and oxygen atoms in total. The highest BCUT2D eigenvalue weighted by atomic mass is 19.4. The summed E-state index contributed by atoms with van der Waals surface area (Å²) in [5, 5.41) is 14.7. The van der Waals surface area contributed by atoms with Crippen LogP contribution < -0.4 is 5.32 Å². The summed E-state index contributed by atoms with van der Waals surface area (Å²) in [6.07, 6.45) is 2.40. The van der Waals surface area contributed by atoms with Gasteiger partial charge in [0, 0.05) is 43.9 Å². The number of aliphatic carboxylic acids is 1. The third kappa shape index (κ3) is 6.02. The Labute approximate surface area is 164 Å². The number of hydrogen-bond donors (Lipinski definition) is 2. The van der Waals surface area contributed by atoms with E-state index in [9.17, 15) is 13.2 Å². The van der Waals surface area contributed by atoms with Gasteiger partial charge in [0.2, 0.25) is 5.95 Å². The molecule has 3 rings (SSSR count). The molecule has 0 bridgehead atoms. The Hall–Kier alpha value is -3.44. The van der Waals surface area contributed by atoms with Gasteiger partial charge in [-0.2, -0.15) is 18.3 Å². The molecule has 29 heavy (non-hydrogen) atoms. The van der Waals surface area contributed by atoms with E-state index in [2.05, 4.69) is 36.9 Å². The van der Waals surface area contributed by atoms with E-state index in [1.54, 1.807) is 17.1 Å². The van der Waals surface area contributed by atoms with Gasteiger partial charge in [0.15, 0.2) is 0 Å². The lowest BCUT2D eigenvalue weighted by molar-refractivity contribution is -0.192. The maximum atomic E-state index is 10.6. The number of aromatic nitrogens is 6. The quantitative estimate of drug-likeness (QED) is 0.664. The zero-order valence-electron chi connectivity index (χ0n) is 16.0. The van der Waals surface area contributed by atoms with Gasteiger partial charge in [0.25, 0.3) is 0 Å². The lowest BCUT2D eigenvalue weighted by Gasteiger charge is -2.07. The second-order valence-corrected chi connectivity index (χ2v) is 5.85. The number of nitrogens with one attached hydrogen (secondary N) is 1. The van der Waals surface area contributed by atoms with Crippen molar-refractivity contribution in [1.29, 1.82) is 0 Å². The number of carbonyl (C=O) groups is 1. The summed E-state index contributed by atoms with van der Waals surface area (Å²) in [6.45, 7) is 5.55. The van der Waals surface area contributed by atoms with Crippen LogP contribution in [0.1, 0.15) is 18.4 Å². The smallest absolute Gasteiger partial charge is 0.475 e. The molecule has 3 aromatic heterocycles. The number of halogens is 3. The van der Waals surface area contributed by atoms with Gasteiger partial charge in [-0.3, -0.25) is 4.68 Å². The number of nitrogens with zero attached hydrogens (tertiary/aromatic N) is 6. The van der Waals surface area contributed by atoms with E-state index >= 15 is 0 Å². The third-order valence-electron chi connectivity index (χ3n) is 3.73. The molecule has 0 saturated carbocycles. The van der Waals surface area contributed by atoms with E-state index in [1.807, 2.05) is 32.4 Å². The summed E-state index contributed by atoms with van der Waals surface area (Å²) >= 11 is 0. The number of imidazole rings is 1. The summed E-state index contributed by atoms with van der Waals surface area (Å²) in [7, 11) is 1.90. The van der Waals surface area contributed by atoms with Gasteiger partial charge in [-0.05, 0) is 19.9 Å². The highest BCUT2D eigenvalue weighted by Crippen LogP contribution is 2.20. The van der Waals surface area contributed by atoms with E-state index < -0.39 is 12.1 Å². The molecule has 0 saturated heterocycles. The van der Waals surface area contributed by atoms with Crippen LogP contribution in [-0.2, 0) is 24.9 Å². The van der Waals surface area contributed by atoms with E-state index in [0.29, 0.717) is 12.5 Å². The molecule has 0 radical (unpaired) electrons. The second-order valence-electron chi connectivity index (χ2n) is 5.85. The highest BCUT2D eigenvalue weighted by Gasteiger charge is 2.38. The molecule has 0 atom stereocenters. The number of carboxylic acids is 1. The monoisotopic (exact) mass is 411 g/mol. The van der Waals surface area contributed by atoms with Crippen molar-refractivity contribution in [2.45, 2.75) is 33.1 Å². The van der Waals surface area contributed by atoms with Crippen LogP contribution in [0.3, 0.4) is 0 Å². The van der Waals surface area contributed by atoms with Crippen LogP contribution in [0, 0.1) is 6.92 Å². The molecule has 0 spiro atoms. The van der Waals surface area contributed by atoms with Crippen molar-refractivity contribution >= 4 is 11.9 Å². The van der Waals surface area contributed by atoms with Gasteiger partial charge < -0.3 is 15.0 Å². The average Bonchev–Trinajstić information content (AvgIpc) is 3.25. The first-order valence-electron chi connectivity index (χ1n) is 8.49. The number of carboxylic acid groups (broad SMARTS) is 1. The summed E-state index contributed by atoms with van der Waals surface area (Å²) in [5.41, 5.74) is 2.83. The molecule has 3 heterocycles. The van der Waals surface area contributed by atoms with Crippen LogP contribution in [0.25, 0.3) is 11.3 Å². The first-order chi connectivity index (χ1) is 13.6. The van der Waals surface area contributed by atoms with Gasteiger partial charge in [0.05, 0.1) is 17.9 Å². The summed E-state index contributed by atoms with van der Waals surface area (Å²) in [6, 6.07) is 1.89. The Morgan fingerprint density at radius 2 is 1.97 bits per heavy atom. The van der Waals surface area contributed by atoms with Gasteiger partial charge in [-0.1, -0.05) is 0 Å². The summed E-state index contributed by atoms with van der Waals surface area (Å²) in [4.78, 5) is 22.1. The van der Waals surface area contributed by atoms with Crippen molar-refractivity contribution in [2.24, 2.45) is 7.05 Å².